The first-order valence-electron chi connectivity index (χ1n) is 7.03. The van der Waals surface area contributed by atoms with Gasteiger partial charge in [-0.3, -0.25) is 9.36 Å². The molecule has 0 spiro atoms. The Hall–Kier alpha value is -1.32. The minimum atomic E-state index is -0.104. The van der Waals surface area contributed by atoms with E-state index in [1.54, 1.807) is 9.13 Å². The molecule has 0 N–H and O–H groups in total. The molecule has 98 valence electrons. The topological polar surface area (TPSA) is 44.0 Å². The molecule has 0 saturated heterocycles. The molecule has 1 heterocycles. The summed E-state index contributed by atoms with van der Waals surface area (Å²) in [4.78, 5) is 24.9. The van der Waals surface area contributed by atoms with Gasteiger partial charge in [0.2, 0.25) is 0 Å². The van der Waals surface area contributed by atoms with E-state index in [4.69, 9.17) is 0 Å². The average molecular weight is 248 g/mol. The molecule has 1 aromatic rings. The van der Waals surface area contributed by atoms with E-state index in [2.05, 4.69) is 0 Å². The minimum absolute atomic E-state index is 0.00231. The maximum absolute atomic E-state index is 12.5. The summed E-state index contributed by atoms with van der Waals surface area (Å²) in [5.74, 6) is 0. The molecule has 4 heteroatoms. The van der Waals surface area contributed by atoms with E-state index in [0.29, 0.717) is 0 Å². The van der Waals surface area contributed by atoms with E-state index in [-0.39, 0.29) is 17.3 Å². The molecule has 0 aromatic carbocycles. The lowest BCUT2D eigenvalue weighted by atomic mass is 9.95. The van der Waals surface area contributed by atoms with Gasteiger partial charge in [-0.25, -0.2) is 4.79 Å². The summed E-state index contributed by atoms with van der Waals surface area (Å²) in [5.41, 5.74) is 1.75. The lowest BCUT2D eigenvalue weighted by Crippen LogP contribution is -2.44. The average Bonchev–Trinajstić information content (AvgIpc) is 2.87. The Balaban J connectivity index is 2.17. The van der Waals surface area contributed by atoms with Crippen molar-refractivity contribution in [3.05, 3.63) is 32.1 Å². The minimum Gasteiger partial charge on any atom is -0.300 e. The van der Waals surface area contributed by atoms with Crippen LogP contribution in [-0.4, -0.2) is 9.13 Å². The Morgan fingerprint density at radius 3 is 2.44 bits per heavy atom. The molecule has 0 aliphatic heterocycles. The fourth-order valence-corrected chi connectivity index (χ4v) is 3.50. The molecule has 18 heavy (non-hydrogen) atoms. The second kappa shape index (κ2) is 4.41. The first-order valence-corrected chi connectivity index (χ1v) is 7.03. The van der Waals surface area contributed by atoms with Gasteiger partial charge in [0.1, 0.15) is 0 Å². The first kappa shape index (κ1) is 11.8. The lowest BCUT2D eigenvalue weighted by Gasteiger charge is -2.24. The van der Waals surface area contributed by atoms with Crippen molar-refractivity contribution in [2.75, 3.05) is 0 Å². The van der Waals surface area contributed by atoms with Gasteiger partial charge in [-0.1, -0.05) is 19.3 Å². The third-order valence-corrected chi connectivity index (χ3v) is 4.50. The van der Waals surface area contributed by atoms with E-state index in [1.165, 1.54) is 6.42 Å². The van der Waals surface area contributed by atoms with E-state index in [0.717, 1.165) is 56.2 Å². The van der Waals surface area contributed by atoms with Gasteiger partial charge in [0, 0.05) is 24.3 Å². The van der Waals surface area contributed by atoms with Crippen LogP contribution < -0.4 is 11.2 Å². The largest absolute Gasteiger partial charge is 0.331 e. The highest BCUT2D eigenvalue weighted by atomic mass is 16.2. The van der Waals surface area contributed by atoms with Gasteiger partial charge in [0.15, 0.2) is 0 Å². The molecule has 3 rings (SSSR count). The Morgan fingerprint density at radius 2 is 1.72 bits per heavy atom. The standard InChI is InChI=1S/C14H20N2O2/c1-15-12-9-5-8-11(12)13(17)16(14(15)18)10-6-3-2-4-7-10/h10H,2-9H2,1H3. The van der Waals surface area contributed by atoms with Crippen LogP contribution in [0.3, 0.4) is 0 Å². The molecule has 0 amide bonds. The Labute approximate surface area is 106 Å². The molecule has 1 saturated carbocycles. The van der Waals surface area contributed by atoms with Crippen LogP contribution >= 0.6 is 0 Å². The summed E-state index contributed by atoms with van der Waals surface area (Å²) in [5, 5.41) is 0. The van der Waals surface area contributed by atoms with Crippen molar-refractivity contribution in [2.24, 2.45) is 7.05 Å². The van der Waals surface area contributed by atoms with Crippen LogP contribution in [0, 0.1) is 0 Å². The van der Waals surface area contributed by atoms with Crippen LogP contribution in [0.25, 0.3) is 0 Å². The summed E-state index contributed by atoms with van der Waals surface area (Å²) in [6.07, 6.45) is 8.19. The van der Waals surface area contributed by atoms with Crippen LogP contribution in [0.15, 0.2) is 9.59 Å². The first-order chi connectivity index (χ1) is 8.70. The van der Waals surface area contributed by atoms with E-state index >= 15 is 0 Å². The van der Waals surface area contributed by atoms with Crippen LogP contribution in [-0.2, 0) is 19.9 Å². The molecular weight excluding hydrogens is 228 g/mol. The molecule has 0 atom stereocenters. The summed E-state index contributed by atoms with van der Waals surface area (Å²) in [7, 11) is 1.81. The molecule has 4 nitrogen and oxygen atoms in total. The fourth-order valence-electron chi connectivity index (χ4n) is 3.50. The Bertz CT molecular complexity index is 577. The zero-order valence-corrected chi connectivity index (χ0v) is 10.9. The number of fused-ring (bicyclic) bond motifs is 1. The maximum atomic E-state index is 12.5. The van der Waals surface area contributed by atoms with E-state index < -0.39 is 0 Å². The third-order valence-electron chi connectivity index (χ3n) is 4.50. The van der Waals surface area contributed by atoms with Crippen molar-refractivity contribution in [2.45, 2.75) is 57.4 Å². The van der Waals surface area contributed by atoms with Crippen LogP contribution in [0.1, 0.15) is 55.8 Å². The molecular formula is C14H20N2O2. The highest BCUT2D eigenvalue weighted by Gasteiger charge is 2.25. The van der Waals surface area contributed by atoms with Gasteiger partial charge in [0.25, 0.3) is 5.56 Å². The predicted octanol–water partition coefficient (Wildman–Crippen LogP) is 1.54. The summed E-state index contributed by atoms with van der Waals surface area (Å²) >= 11 is 0. The van der Waals surface area contributed by atoms with Crippen molar-refractivity contribution < 1.29 is 0 Å². The van der Waals surface area contributed by atoms with Crippen molar-refractivity contribution in [1.82, 2.24) is 9.13 Å². The van der Waals surface area contributed by atoms with Gasteiger partial charge in [-0.2, -0.15) is 0 Å². The van der Waals surface area contributed by atoms with Crippen molar-refractivity contribution in [3.8, 4) is 0 Å². The molecule has 2 aliphatic rings. The highest BCUT2D eigenvalue weighted by Crippen LogP contribution is 2.26. The van der Waals surface area contributed by atoms with Crippen molar-refractivity contribution in [3.63, 3.8) is 0 Å². The fraction of sp³-hybridized carbons (Fsp3) is 0.714. The number of hydrogen-bond donors (Lipinski definition) is 0. The monoisotopic (exact) mass is 248 g/mol. The van der Waals surface area contributed by atoms with Crippen LogP contribution in [0.5, 0.6) is 0 Å². The second-order valence-corrected chi connectivity index (χ2v) is 5.59. The van der Waals surface area contributed by atoms with E-state index in [9.17, 15) is 9.59 Å². The van der Waals surface area contributed by atoms with Gasteiger partial charge in [-0.15, -0.1) is 0 Å². The number of rotatable bonds is 1. The zero-order valence-electron chi connectivity index (χ0n) is 10.9. The van der Waals surface area contributed by atoms with Crippen LogP contribution in [0.2, 0.25) is 0 Å². The normalized spacial score (nSPS) is 20.1. The molecule has 0 unspecified atom stereocenters. The molecule has 0 radical (unpaired) electrons. The smallest absolute Gasteiger partial charge is 0.300 e. The predicted molar refractivity (Wildman–Crippen MR) is 70.1 cm³/mol. The summed E-state index contributed by atoms with van der Waals surface area (Å²) < 4.78 is 3.25. The second-order valence-electron chi connectivity index (χ2n) is 5.59. The Kier molecular flexibility index (Phi) is 2.88. The number of nitrogens with zero attached hydrogens (tertiary/aromatic N) is 2. The van der Waals surface area contributed by atoms with E-state index in [1.807, 2.05) is 7.05 Å². The van der Waals surface area contributed by atoms with Gasteiger partial charge >= 0.3 is 5.69 Å². The zero-order chi connectivity index (χ0) is 12.7. The number of hydrogen-bond acceptors (Lipinski definition) is 2. The van der Waals surface area contributed by atoms with Crippen molar-refractivity contribution >= 4 is 0 Å². The highest BCUT2D eigenvalue weighted by molar-refractivity contribution is 5.23. The third kappa shape index (κ3) is 1.66. The summed E-state index contributed by atoms with van der Waals surface area (Å²) in [6.45, 7) is 0. The van der Waals surface area contributed by atoms with Gasteiger partial charge in [-0.05, 0) is 32.1 Å². The van der Waals surface area contributed by atoms with Crippen LogP contribution in [0.4, 0.5) is 0 Å². The summed E-state index contributed by atoms with van der Waals surface area (Å²) in [6, 6.07) is 0.135. The maximum Gasteiger partial charge on any atom is 0.331 e. The lowest BCUT2D eigenvalue weighted by molar-refractivity contribution is 0.329. The molecule has 0 bridgehead atoms. The molecule has 2 aliphatic carbocycles. The quantitative estimate of drug-likeness (QED) is 0.756. The molecule has 1 aromatic heterocycles. The van der Waals surface area contributed by atoms with Crippen molar-refractivity contribution in [1.29, 1.82) is 0 Å². The van der Waals surface area contributed by atoms with Gasteiger partial charge in [0.05, 0.1) is 0 Å². The van der Waals surface area contributed by atoms with Gasteiger partial charge < -0.3 is 4.57 Å². The SMILES string of the molecule is Cn1c2c(c(=O)n(C3CCCCC3)c1=O)CCC2. The number of aromatic nitrogens is 2. The Morgan fingerprint density at radius 1 is 1.00 bits per heavy atom. The molecule has 1 fully saturated rings.